The lowest BCUT2D eigenvalue weighted by Crippen LogP contribution is -2.12. The first-order valence-electron chi connectivity index (χ1n) is 11.5. The third-order valence-corrected chi connectivity index (χ3v) is 6.42. The van der Waals surface area contributed by atoms with E-state index in [4.69, 9.17) is 5.73 Å². The van der Waals surface area contributed by atoms with Gasteiger partial charge in [-0.15, -0.1) is 11.3 Å². The number of H-pyrrole nitrogens is 1. The number of Topliss-reactive ketones (excluding diaryl/α,β-unsaturated/α-hetero) is 1. The highest BCUT2D eigenvalue weighted by atomic mass is 32.1. The number of amides is 2. The Balaban J connectivity index is 1.46. The van der Waals surface area contributed by atoms with Crippen molar-refractivity contribution >= 4 is 56.6 Å². The normalized spacial score (nSPS) is 10.9. The highest BCUT2D eigenvalue weighted by molar-refractivity contribution is 7.14. The lowest BCUT2D eigenvalue weighted by atomic mass is 10.0. The smallest absolute Gasteiger partial charge is 0.352 e. The number of fused-ring (bicyclic) bond motifs is 1. The van der Waals surface area contributed by atoms with E-state index in [0.29, 0.717) is 47.1 Å². The first kappa shape index (κ1) is 25.7. The number of carbonyl (C=O) groups excluding carboxylic acids is 3. The van der Waals surface area contributed by atoms with E-state index in [-0.39, 0.29) is 34.6 Å². The number of aromatic nitrogens is 2. The summed E-state index contributed by atoms with van der Waals surface area (Å²) in [5.74, 6) is -1.88. The molecule has 0 fully saturated rings. The van der Waals surface area contributed by atoms with Crippen LogP contribution in [0.5, 0.6) is 0 Å². The Morgan fingerprint density at radius 3 is 2.51 bits per heavy atom. The molecule has 0 saturated carbocycles. The Morgan fingerprint density at radius 1 is 1.08 bits per heavy atom. The van der Waals surface area contributed by atoms with E-state index in [1.165, 1.54) is 6.92 Å². The van der Waals surface area contributed by atoms with Crippen LogP contribution < -0.4 is 16.4 Å². The Kier molecular flexibility index (Phi) is 7.75. The van der Waals surface area contributed by atoms with Crippen molar-refractivity contribution in [2.75, 3.05) is 17.2 Å². The maximum atomic E-state index is 12.9. The molecule has 2 heterocycles. The highest BCUT2D eigenvalue weighted by Gasteiger charge is 2.19. The zero-order valence-electron chi connectivity index (χ0n) is 20.0. The molecule has 0 bridgehead atoms. The number of hydrogen-bond acceptors (Lipinski definition) is 7. The maximum Gasteiger partial charge on any atom is 0.352 e. The molecule has 0 aliphatic carbocycles. The van der Waals surface area contributed by atoms with Gasteiger partial charge in [0.1, 0.15) is 11.4 Å². The Morgan fingerprint density at radius 2 is 1.84 bits per heavy atom. The molecule has 6 N–H and O–H groups in total. The molecule has 0 radical (unpaired) electrons. The second kappa shape index (κ2) is 11.1. The van der Waals surface area contributed by atoms with Gasteiger partial charge >= 0.3 is 5.97 Å². The molecule has 0 atom stereocenters. The second-order valence-electron chi connectivity index (χ2n) is 8.41. The molecule has 0 aliphatic heterocycles. The van der Waals surface area contributed by atoms with Crippen LogP contribution in [0.2, 0.25) is 0 Å². The van der Waals surface area contributed by atoms with Gasteiger partial charge in [-0.25, -0.2) is 9.78 Å². The van der Waals surface area contributed by atoms with Crippen LogP contribution in [0.15, 0.2) is 47.8 Å². The molecule has 0 spiro atoms. The number of thiazole rings is 1. The predicted molar refractivity (Wildman–Crippen MR) is 141 cm³/mol. The standard InChI is InChI=1S/C26H25N5O5S/c1-14(32)28-17-7-4-15(5-8-17)11-22(33)21-13-37-26(30-21)31-24(34)16-6-9-20-19(12-16)18(3-2-10-27)23(29-20)25(35)36/h4-9,12-13,29H,2-3,10-11,27H2,1H3,(H,28,32)(H,35,36)(H,30,31,34). The maximum absolute atomic E-state index is 12.9. The van der Waals surface area contributed by atoms with Crippen LogP contribution in [0, 0.1) is 0 Å². The molecular formula is C26H25N5O5S. The molecule has 0 aliphatic rings. The van der Waals surface area contributed by atoms with Crippen LogP contribution in [0.1, 0.15) is 55.8 Å². The predicted octanol–water partition coefficient (Wildman–Crippen LogP) is 3.85. The summed E-state index contributed by atoms with van der Waals surface area (Å²) in [6, 6.07) is 11.9. The summed E-state index contributed by atoms with van der Waals surface area (Å²) in [7, 11) is 0. The number of rotatable bonds is 10. The van der Waals surface area contributed by atoms with E-state index in [2.05, 4.69) is 20.6 Å². The number of hydrogen-bond donors (Lipinski definition) is 5. The van der Waals surface area contributed by atoms with Crippen LogP contribution >= 0.6 is 11.3 Å². The van der Waals surface area contributed by atoms with Crippen LogP contribution in [-0.4, -0.2) is 45.2 Å². The van der Waals surface area contributed by atoms with E-state index in [1.807, 2.05) is 0 Å². The molecule has 10 nitrogen and oxygen atoms in total. The Labute approximate surface area is 215 Å². The monoisotopic (exact) mass is 519 g/mol. The summed E-state index contributed by atoms with van der Waals surface area (Å²) < 4.78 is 0. The quantitative estimate of drug-likeness (QED) is 0.198. The van der Waals surface area contributed by atoms with Gasteiger partial charge in [-0.3, -0.25) is 19.7 Å². The van der Waals surface area contributed by atoms with E-state index in [9.17, 15) is 24.3 Å². The number of nitrogens with two attached hydrogens (primary N) is 1. The Bertz CT molecular complexity index is 1490. The molecule has 37 heavy (non-hydrogen) atoms. The highest BCUT2D eigenvalue weighted by Crippen LogP contribution is 2.26. The third-order valence-electron chi connectivity index (χ3n) is 5.66. The van der Waals surface area contributed by atoms with Crippen LogP contribution in [0.25, 0.3) is 10.9 Å². The van der Waals surface area contributed by atoms with E-state index < -0.39 is 11.9 Å². The molecule has 2 amide bonds. The van der Waals surface area contributed by atoms with Gasteiger partial charge in [-0.05, 0) is 60.8 Å². The van der Waals surface area contributed by atoms with Crippen molar-refractivity contribution in [3.8, 4) is 0 Å². The van der Waals surface area contributed by atoms with Gasteiger partial charge in [0.15, 0.2) is 10.9 Å². The van der Waals surface area contributed by atoms with Crippen molar-refractivity contribution in [2.45, 2.75) is 26.2 Å². The first-order valence-corrected chi connectivity index (χ1v) is 12.4. The van der Waals surface area contributed by atoms with Gasteiger partial charge in [0, 0.05) is 40.9 Å². The fraction of sp³-hybridized carbons (Fsp3) is 0.192. The number of anilines is 2. The van der Waals surface area contributed by atoms with Gasteiger partial charge in [0.05, 0.1) is 0 Å². The van der Waals surface area contributed by atoms with E-state index >= 15 is 0 Å². The summed E-state index contributed by atoms with van der Waals surface area (Å²) in [5, 5.41) is 17.4. The van der Waals surface area contributed by atoms with Crippen molar-refractivity contribution < 1.29 is 24.3 Å². The van der Waals surface area contributed by atoms with Gasteiger partial charge in [0.25, 0.3) is 5.91 Å². The molecule has 190 valence electrons. The molecule has 4 rings (SSSR count). The number of carboxylic acid groups (broad SMARTS) is 1. The molecule has 11 heteroatoms. The molecule has 2 aromatic heterocycles. The number of carbonyl (C=O) groups is 4. The minimum absolute atomic E-state index is 0.0915. The third kappa shape index (κ3) is 6.08. The summed E-state index contributed by atoms with van der Waals surface area (Å²) in [6.07, 6.45) is 1.20. The van der Waals surface area contributed by atoms with Crippen molar-refractivity contribution in [2.24, 2.45) is 5.73 Å². The zero-order chi connectivity index (χ0) is 26.5. The number of aromatic amines is 1. The first-order chi connectivity index (χ1) is 17.7. The fourth-order valence-corrected chi connectivity index (χ4v) is 4.63. The molecule has 2 aromatic carbocycles. The van der Waals surface area contributed by atoms with Gasteiger partial charge in [-0.2, -0.15) is 0 Å². The zero-order valence-corrected chi connectivity index (χ0v) is 20.8. The van der Waals surface area contributed by atoms with Crippen LogP contribution in [0.3, 0.4) is 0 Å². The number of nitrogens with one attached hydrogen (secondary N) is 3. The van der Waals surface area contributed by atoms with E-state index in [0.717, 1.165) is 16.9 Å². The average Bonchev–Trinajstić information content (AvgIpc) is 3.48. The van der Waals surface area contributed by atoms with Crippen LogP contribution in [-0.2, 0) is 17.6 Å². The summed E-state index contributed by atoms with van der Waals surface area (Å²) >= 11 is 1.14. The second-order valence-corrected chi connectivity index (χ2v) is 9.26. The van der Waals surface area contributed by atoms with E-state index in [1.54, 1.807) is 47.8 Å². The molecule has 0 saturated heterocycles. The molecule has 4 aromatic rings. The van der Waals surface area contributed by atoms with Gasteiger partial charge in [0.2, 0.25) is 5.91 Å². The summed E-state index contributed by atoms with van der Waals surface area (Å²) in [4.78, 5) is 55.5. The fourth-order valence-electron chi connectivity index (χ4n) is 3.92. The van der Waals surface area contributed by atoms with Crippen molar-refractivity contribution in [1.82, 2.24) is 9.97 Å². The number of nitrogens with zero attached hydrogens (tertiary/aromatic N) is 1. The van der Waals surface area contributed by atoms with Gasteiger partial charge in [-0.1, -0.05) is 12.1 Å². The van der Waals surface area contributed by atoms with Crippen molar-refractivity contribution in [3.05, 3.63) is 75.9 Å². The lowest BCUT2D eigenvalue weighted by Gasteiger charge is -2.04. The van der Waals surface area contributed by atoms with Gasteiger partial charge < -0.3 is 21.1 Å². The average molecular weight is 520 g/mol. The van der Waals surface area contributed by atoms with Crippen molar-refractivity contribution in [3.63, 3.8) is 0 Å². The number of aromatic carboxylic acids is 1. The number of aryl methyl sites for hydroxylation is 1. The SMILES string of the molecule is CC(=O)Nc1ccc(CC(=O)c2csc(NC(=O)c3ccc4[nH]c(C(=O)O)c(CCCN)c4c3)n2)cc1. The summed E-state index contributed by atoms with van der Waals surface area (Å²) in [6.45, 7) is 1.84. The number of carboxylic acids is 1. The minimum Gasteiger partial charge on any atom is -0.477 e. The minimum atomic E-state index is -1.07. The molecule has 0 unspecified atom stereocenters. The summed E-state index contributed by atoms with van der Waals surface area (Å²) in [5.41, 5.74) is 8.90. The number of benzene rings is 2. The topological polar surface area (TPSA) is 167 Å². The number of ketones is 1. The van der Waals surface area contributed by atoms with Crippen LogP contribution in [0.4, 0.5) is 10.8 Å². The molecular weight excluding hydrogens is 494 g/mol. The largest absolute Gasteiger partial charge is 0.477 e. The van der Waals surface area contributed by atoms with Crippen molar-refractivity contribution in [1.29, 1.82) is 0 Å². The lowest BCUT2D eigenvalue weighted by molar-refractivity contribution is -0.114. The Hall–Kier alpha value is -4.35.